The van der Waals surface area contributed by atoms with E-state index in [0.717, 1.165) is 18.7 Å². The Morgan fingerprint density at radius 1 is 1.21 bits per heavy atom. The Morgan fingerprint density at radius 2 is 1.95 bits per heavy atom. The van der Waals surface area contributed by atoms with Crippen LogP contribution in [0.5, 0.6) is 0 Å². The van der Waals surface area contributed by atoms with Crippen molar-refractivity contribution in [1.82, 2.24) is 15.1 Å². The third-order valence-electron chi connectivity index (χ3n) is 3.21. The van der Waals surface area contributed by atoms with Gasteiger partial charge in [-0.2, -0.15) is 0 Å². The van der Waals surface area contributed by atoms with Crippen LogP contribution in [0.2, 0.25) is 0 Å². The summed E-state index contributed by atoms with van der Waals surface area (Å²) in [5.74, 6) is -0.123. The normalized spacial score (nSPS) is 18.3. The highest BCUT2D eigenvalue weighted by Gasteiger charge is 2.28. The Labute approximate surface area is 110 Å². The summed E-state index contributed by atoms with van der Waals surface area (Å²) >= 11 is 0. The lowest BCUT2D eigenvalue weighted by Gasteiger charge is -2.32. The van der Waals surface area contributed by atoms with Gasteiger partial charge < -0.3 is 9.15 Å². The molecule has 1 saturated heterocycles. The van der Waals surface area contributed by atoms with Crippen LogP contribution in [0.25, 0.3) is 0 Å². The fourth-order valence-corrected chi connectivity index (χ4v) is 2.34. The van der Waals surface area contributed by atoms with Gasteiger partial charge in [0.1, 0.15) is 6.04 Å². The molecule has 1 unspecified atom stereocenters. The number of nitrogens with one attached hydrogen (secondary N) is 1. The van der Waals surface area contributed by atoms with E-state index in [4.69, 9.17) is 9.15 Å². The van der Waals surface area contributed by atoms with Crippen LogP contribution in [0.3, 0.4) is 0 Å². The molecule has 3 rings (SSSR count). The predicted octanol–water partition coefficient (Wildman–Crippen LogP) is 0.784. The van der Waals surface area contributed by atoms with Gasteiger partial charge in [-0.1, -0.05) is 30.3 Å². The van der Waals surface area contributed by atoms with Crippen molar-refractivity contribution in [2.24, 2.45) is 0 Å². The highest BCUT2D eigenvalue weighted by Crippen LogP contribution is 2.26. The van der Waals surface area contributed by atoms with Gasteiger partial charge in [0.15, 0.2) is 0 Å². The number of aromatic nitrogens is 2. The van der Waals surface area contributed by atoms with Gasteiger partial charge >= 0.3 is 5.76 Å². The number of benzene rings is 1. The fourth-order valence-electron chi connectivity index (χ4n) is 2.34. The Hall–Kier alpha value is -1.92. The topological polar surface area (TPSA) is 71.4 Å². The lowest BCUT2D eigenvalue weighted by atomic mass is 10.0. The maximum atomic E-state index is 11.2. The minimum absolute atomic E-state index is 0.149. The summed E-state index contributed by atoms with van der Waals surface area (Å²) in [7, 11) is 0. The zero-order valence-corrected chi connectivity index (χ0v) is 10.4. The van der Waals surface area contributed by atoms with Crippen molar-refractivity contribution in [3.63, 3.8) is 0 Å². The number of hydrogen-bond donors (Lipinski definition) is 1. The van der Waals surface area contributed by atoms with Crippen molar-refractivity contribution in [1.29, 1.82) is 0 Å². The molecular weight excluding hydrogens is 246 g/mol. The highest BCUT2D eigenvalue weighted by atomic mass is 16.5. The maximum absolute atomic E-state index is 11.2. The summed E-state index contributed by atoms with van der Waals surface area (Å²) < 4.78 is 10.5. The number of aromatic amines is 1. The number of ether oxygens (including phenoxy) is 1. The predicted molar refractivity (Wildman–Crippen MR) is 67.8 cm³/mol. The van der Waals surface area contributed by atoms with Gasteiger partial charge in [-0.15, -0.1) is 5.10 Å². The summed E-state index contributed by atoms with van der Waals surface area (Å²) in [5, 5.41) is 6.31. The van der Waals surface area contributed by atoms with Gasteiger partial charge in [0.05, 0.1) is 13.2 Å². The molecule has 100 valence electrons. The average molecular weight is 261 g/mol. The molecule has 2 heterocycles. The van der Waals surface area contributed by atoms with Gasteiger partial charge in [-0.25, -0.2) is 9.89 Å². The SMILES string of the molecule is O=c1[nH]nc(C(c2ccccc2)N2CCOCC2)o1. The molecular formula is C13H15N3O3. The molecule has 1 atom stereocenters. The molecule has 6 nitrogen and oxygen atoms in total. The Morgan fingerprint density at radius 3 is 2.58 bits per heavy atom. The van der Waals surface area contributed by atoms with Crippen molar-refractivity contribution in [2.75, 3.05) is 26.3 Å². The number of morpholine rings is 1. The van der Waals surface area contributed by atoms with E-state index in [9.17, 15) is 4.79 Å². The van der Waals surface area contributed by atoms with Crippen LogP contribution in [0.15, 0.2) is 39.5 Å². The molecule has 0 amide bonds. The molecule has 19 heavy (non-hydrogen) atoms. The van der Waals surface area contributed by atoms with Gasteiger partial charge in [0.25, 0.3) is 0 Å². The zero-order chi connectivity index (χ0) is 13.1. The third-order valence-corrected chi connectivity index (χ3v) is 3.21. The second-order valence-electron chi connectivity index (χ2n) is 4.41. The van der Waals surface area contributed by atoms with Gasteiger partial charge in [0.2, 0.25) is 5.89 Å². The molecule has 6 heteroatoms. The van der Waals surface area contributed by atoms with Gasteiger partial charge in [0, 0.05) is 13.1 Å². The molecule has 1 aromatic heterocycles. The van der Waals surface area contributed by atoms with Gasteiger partial charge in [-0.05, 0) is 5.56 Å². The lowest BCUT2D eigenvalue weighted by Crippen LogP contribution is -2.39. The summed E-state index contributed by atoms with van der Waals surface area (Å²) in [6.07, 6.45) is 0. The molecule has 1 aliphatic rings. The van der Waals surface area contributed by atoms with Crippen molar-refractivity contribution in [3.8, 4) is 0 Å². The second kappa shape index (κ2) is 5.38. The molecule has 2 aromatic rings. The summed E-state index contributed by atoms with van der Waals surface area (Å²) in [4.78, 5) is 13.4. The Bertz CT molecular complexity index is 572. The van der Waals surface area contributed by atoms with Crippen LogP contribution in [0.1, 0.15) is 17.5 Å². The van der Waals surface area contributed by atoms with E-state index in [2.05, 4.69) is 15.1 Å². The fraction of sp³-hybridized carbons (Fsp3) is 0.385. The second-order valence-corrected chi connectivity index (χ2v) is 4.41. The highest BCUT2D eigenvalue weighted by molar-refractivity contribution is 5.23. The Kier molecular flexibility index (Phi) is 3.43. The van der Waals surface area contributed by atoms with E-state index in [1.807, 2.05) is 30.3 Å². The van der Waals surface area contributed by atoms with Crippen LogP contribution in [0.4, 0.5) is 0 Å². The van der Waals surface area contributed by atoms with Crippen LogP contribution >= 0.6 is 0 Å². The monoisotopic (exact) mass is 261 g/mol. The van der Waals surface area contributed by atoms with Crippen molar-refractivity contribution < 1.29 is 9.15 Å². The zero-order valence-electron chi connectivity index (χ0n) is 10.4. The number of nitrogens with zero attached hydrogens (tertiary/aromatic N) is 2. The molecule has 1 fully saturated rings. The average Bonchev–Trinajstić information content (AvgIpc) is 2.88. The van der Waals surface area contributed by atoms with Crippen LogP contribution in [-0.2, 0) is 4.74 Å². The van der Waals surface area contributed by atoms with Crippen LogP contribution < -0.4 is 5.76 Å². The summed E-state index contributed by atoms with van der Waals surface area (Å²) in [5.41, 5.74) is 1.06. The minimum Gasteiger partial charge on any atom is -0.390 e. The third kappa shape index (κ3) is 2.59. The van der Waals surface area contributed by atoms with Crippen LogP contribution in [0, 0.1) is 0 Å². The molecule has 0 radical (unpaired) electrons. The van der Waals surface area contributed by atoms with E-state index >= 15 is 0 Å². The first-order chi connectivity index (χ1) is 9.34. The van der Waals surface area contributed by atoms with Crippen LogP contribution in [-0.4, -0.2) is 41.4 Å². The van der Waals surface area contributed by atoms with E-state index in [1.165, 1.54) is 0 Å². The van der Waals surface area contributed by atoms with E-state index < -0.39 is 5.76 Å². The van der Waals surface area contributed by atoms with Crippen molar-refractivity contribution in [2.45, 2.75) is 6.04 Å². The first kappa shape index (κ1) is 12.1. The van der Waals surface area contributed by atoms with E-state index in [0.29, 0.717) is 19.1 Å². The standard InChI is InChI=1S/C13H15N3O3/c17-13-15-14-12(19-13)11(10-4-2-1-3-5-10)16-6-8-18-9-7-16/h1-5,11H,6-9H2,(H,15,17). The quantitative estimate of drug-likeness (QED) is 0.884. The molecule has 0 spiro atoms. The molecule has 0 aliphatic carbocycles. The summed E-state index contributed by atoms with van der Waals surface area (Å²) in [6, 6.07) is 9.76. The largest absolute Gasteiger partial charge is 0.434 e. The Balaban J connectivity index is 1.97. The number of hydrogen-bond acceptors (Lipinski definition) is 5. The smallest absolute Gasteiger partial charge is 0.390 e. The molecule has 1 aromatic carbocycles. The van der Waals surface area contributed by atoms with Crippen molar-refractivity contribution in [3.05, 3.63) is 52.3 Å². The first-order valence-electron chi connectivity index (χ1n) is 6.27. The molecule has 1 N–H and O–H groups in total. The number of rotatable bonds is 3. The molecule has 0 bridgehead atoms. The van der Waals surface area contributed by atoms with E-state index in [-0.39, 0.29) is 6.04 Å². The van der Waals surface area contributed by atoms with E-state index in [1.54, 1.807) is 0 Å². The van der Waals surface area contributed by atoms with Gasteiger partial charge in [-0.3, -0.25) is 4.90 Å². The lowest BCUT2D eigenvalue weighted by molar-refractivity contribution is 0.0189. The molecule has 0 saturated carbocycles. The summed E-state index contributed by atoms with van der Waals surface area (Å²) in [6.45, 7) is 2.93. The van der Waals surface area contributed by atoms with Crippen molar-refractivity contribution >= 4 is 0 Å². The minimum atomic E-state index is -0.524. The molecule has 1 aliphatic heterocycles. The number of H-pyrrole nitrogens is 1. The first-order valence-corrected chi connectivity index (χ1v) is 6.27. The maximum Gasteiger partial charge on any atom is 0.434 e.